The number of rotatable bonds is 5. The van der Waals surface area contributed by atoms with Crippen LogP contribution in [0.25, 0.3) is 0 Å². The van der Waals surface area contributed by atoms with Gasteiger partial charge < -0.3 is 9.84 Å². The molecule has 0 aromatic heterocycles. The van der Waals surface area contributed by atoms with Crippen molar-refractivity contribution in [3.63, 3.8) is 0 Å². The molecule has 0 fully saturated rings. The summed E-state index contributed by atoms with van der Waals surface area (Å²) in [7, 11) is 0. The Hall–Kier alpha value is -1.80. The van der Waals surface area contributed by atoms with E-state index < -0.39 is 0 Å². The van der Waals surface area contributed by atoms with E-state index >= 15 is 0 Å². The van der Waals surface area contributed by atoms with E-state index in [2.05, 4.69) is 37.3 Å². The number of aliphatic hydroxyl groups excluding tert-OH is 1. The molecule has 0 bridgehead atoms. The van der Waals surface area contributed by atoms with Crippen LogP contribution in [-0.4, -0.2) is 11.7 Å². The molecule has 2 aromatic carbocycles. The highest BCUT2D eigenvalue weighted by molar-refractivity contribution is 5.51. The van der Waals surface area contributed by atoms with Gasteiger partial charge in [0.15, 0.2) is 0 Å². The van der Waals surface area contributed by atoms with Crippen LogP contribution in [-0.2, 0) is 6.42 Å². The topological polar surface area (TPSA) is 29.5 Å². The minimum Gasteiger partial charge on any atom is -0.457 e. The van der Waals surface area contributed by atoms with Gasteiger partial charge in [0, 0.05) is 18.9 Å². The second-order valence-electron chi connectivity index (χ2n) is 5.78. The molecule has 2 heteroatoms. The average Bonchev–Trinajstić information content (AvgIpc) is 2.53. The van der Waals surface area contributed by atoms with Crippen molar-refractivity contribution in [1.29, 1.82) is 0 Å². The monoisotopic (exact) mass is 282 g/mol. The third kappa shape index (κ3) is 2.96. The standard InChI is InChI=1S/C19H22O2/c1-2-3-6-16(13-20)14-9-10-19-17(11-14)12-15-7-4-5-8-18(15)21-19/h4-5,7-11,16,20H,2-3,6,12-13H2,1H3. The van der Waals surface area contributed by atoms with Crippen molar-refractivity contribution in [2.75, 3.05) is 6.61 Å². The molecule has 1 atom stereocenters. The van der Waals surface area contributed by atoms with E-state index in [0.717, 1.165) is 37.2 Å². The molecule has 1 N–H and O–H groups in total. The molecular weight excluding hydrogens is 260 g/mol. The summed E-state index contributed by atoms with van der Waals surface area (Å²) >= 11 is 0. The Kier molecular flexibility index (Phi) is 4.26. The molecule has 0 saturated carbocycles. The van der Waals surface area contributed by atoms with Crippen molar-refractivity contribution < 1.29 is 9.84 Å². The van der Waals surface area contributed by atoms with Crippen LogP contribution in [0.5, 0.6) is 11.5 Å². The van der Waals surface area contributed by atoms with E-state index in [1.54, 1.807) is 0 Å². The van der Waals surface area contributed by atoms with Gasteiger partial charge in [0.25, 0.3) is 0 Å². The first-order valence-electron chi connectivity index (χ1n) is 7.81. The van der Waals surface area contributed by atoms with Gasteiger partial charge in [-0.15, -0.1) is 0 Å². The van der Waals surface area contributed by atoms with Gasteiger partial charge >= 0.3 is 0 Å². The van der Waals surface area contributed by atoms with Crippen molar-refractivity contribution in [1.82, 2.24) is 0 Å². The van der Waals surface area contributed by atoms with E-state index in [9.17, 15) is 5.11 Å². The maximum absolute atomic E-state index is 9.64. The van der Waals surface area contributed by atoms with Gasteiger partial charge in [-0.05, 0) is 35.2 Å². The fraction of sp³-hybridized carbons (Fsp3) is 0.368. The smallest absolute Gasteiger partial charge is 0.130 e. The highest BCUT2D eigenvalue weighted by atomic mass is 16.5. The van der Waals surface area contributed by atoms with E-state index in [1.807, 2.05) is 12.1 Å². The molecular formula is C19H22O2. The SMILES string of the molecule is CCCCC(CO)c1ccc2c(c1)Cc1ccccc1O2. The van der Waals surface area contributed by atoms with Crippen LogP contribution in [0.2, 0.25) is 0 Å². The molecule has 0 amide bonds. The number of hydrogen-bond acceptors (Lipinski definition) is 2. The molecule has 0 aliphatic carbocycles. The fourth-order valence-electron chi connectivity index (χ4n) is 2.98. The zero-order chi connectivity index (χ0) is 14.7. The molecule has 0 radical (unpaired) electrons. The number of para-hydroxylation sites is 1. The number of benzene rings is 2. The first-order chi connectivity index (χ1) is 10.3. The van der Waals surface area contributed by atoms with Crippen molar-refractivity contribution in [3.05, 3.63) is 59.2 Å². The minimum atomic E-state index is 0.218. The second kappa shape index (κ2) is 6.31. The number of unbranched alkanes of at least 4 members (excludes halogenated alkanes) is 1. The molecule has 21 heavy (non-hydrogen) atoms. The van der Waals surface area contributed by atoms with Crippen molar-refractivity contribution >= 4 is 0 Å². The summed E-state index contributed by atoms with van der Waals surface area (Å²) in [6.45, 7) is 2.41. The number of fused-ring (bicyclic) bond motifs is 2. The molecule has 0 saturated heterocycles. The molecule has 1 aliphatic heterocycles. The van der Waals surface area contributed by atoms with Gasteiger partial charge in [0.05, 0.1) is 0 Å². The largest absolute Gasteiger partial charge is 0.457 e. The van der Waals surface area contributed by atoms with Crippen molar-refractivity contribution in [3.8, 4) is 11.5 Å². The number of ether oxygens (including phenoxy) is 1. The summed E-state index contributed by atoms with van der Waals surface area (Å²) in [5, 5.41) is 9.64. The lowest BCUT2D eigenvalue weighted by atomic mass is 9.90. The molecule has 110 valence electrons. The highest BCUT2D eigenvalue weighted by Gasteiger charge is 2.18. The Morgan fingerprint density at radius 2 is 1.90 bits per heavy atom. The normalized spacial score (nSPS) is 14.0. The third-order valence-electron chi connectivity index (χ3n) is 4.26. The zero-order valence-corrected chi connectivity index (χ0v) is 12.5. The summed E-state index contributed by atoms with van der Waals surface area (Å²) < 4.78 is 5.96. The lowest BCUT2D eigenvalue weighted by Gasteiger charge is -2.22. The summed E-state index contributed by atoms with van der Waals surface area (Å²) in [6, 6.07) is 14.6. The number of hydrogen-bond donors (Lipinski definition) is 1. The molecule has 1 heterocycles. The molecule has 3 rings (SSSR count). The van der Waals surface area contributed by atoms with Gasteiger partial charge in [0.2, 0.25) is 0 Å². The number of aliphatic hydroxyl groups is 1. The third-order valence-corrected chi connectivity index (χ3v) is 4.26. The van der Waals surface area contributed by atoms with E-state index in [0.29, 0.717) is 0 Å². The van der Waals surface area contributed by atoms with Crippen LogP contribution in [0, 0.1) is 0 Å². The summed E-state index contributed by atoms with van der Waals surface area (Å²) in [4.78, 5) is 0. The Balaban J connectivity index is 1.86. The Morgan fingerprint density at radius 3 is 2.71 bits per heavy atom. The lowest BCUT2D eigenvalue weighted by molar-refractivity contribution is 0.257. The predicted molar refractivity (Wildman–Crippen MR) is 85.1 cm³/mol. The molecule has 2 nitrogen and oxygen atoms in total. The van der Waals surface area contributed by atoms with Gasteiger partial charge in [-0.25, -0.2) is 0 Å². The van der Waals surface area contributed by atoms with Gasteiger partial charge in [0.1, 0.15) is 11.5 Å². The van der Waals surface area contributed by atoms with Crippen LogP contribution in [0.15, 0.2) is 42.5 Å². The Morgan fingerprint density at radius 1 is 1.10 bits per heavy atom. The minimum absolute atomic E-state index is 0.218. The summed E-state index contributed by atoms with van der Waals surface area (Å²) in [5.41, 5.74) is 3.69. The van der Waals surface area contributed by atoms with Crippen LogP contribution >= 0.6 is 0 Å². The summed E-state index contributed by atoms with van der Waals surface area (Å²) in [5.74, 6) is 2.15. The molecule has 2 aromatic rings. The van der Waals surface area contributed by atoms with Crippen LogP contribution in [0.3, 0.4) is 0 Å². The van der Waals surface area contributed by atoms with Crippen LogP contribution in [0.4, 0.5) is 0 Å². The van der Waals surface area contributed by atoms with Gasteiger partial charge in [-0.1, -0.05) is 50.1 Å². The maximum Gasteiger partial charge on any atom is 0.130 e. The van der Waals surface area contributed by atoms with E-state index in [1.165, 1.54) is 16.7 Å². The Bertz CT molecular complexity index is 619. The van der Waals surface area contributed by atoms with E-state index in [-0.39, 0.29) is 12.5 Å². The summed E-state index contributed by atoms with van der Waals surface area (Å²) in [6.07, 6.45) is 4.27. The first-order valence-corrected chi connectivity index (χ1v) is 7.81. The average molecular weight is 282 g/mol. The van der Waals surface area contributed by atoms with Crippen molar-refractivity contribution in [2.24, 2.45) is 0 Å². The maximum atomic E-state index is 9.64. The molecule has 1 unspecified atom stereocenters. The first kappa shape index (κ1) is 14.2. The molecule has 0 spiro atoms. The van der Waals surface area contributed by atoms with Crippen LogP contribution in [0.1, 0.15) is 48.8 Å². The van der Waals surface area contributed by atoms with Gasteiger partial charge in [-0.3, -0.25) is 0 Å². The zero-order valence-electron chi connectivity index (χ0n) is 12.5. The second-order valence-corrected chi connectivity index (χ2v) is 5.78. The Labute approximate surface area is 126 Å². The van der Waals surface area contributed by atoms with Crippen molar-refractivity contribution in [2.45, 2.75) is 38.5 Å². The highest BCUT2D eigenvalue weighted by Crippen LogP contribution is 2.38. The van der Waals surface area contributed by atoms with E-state index in [4.69, 9.17) is 4.74 Å². The molecule has 1 aliphatic rings. The quantitative estimate of drug-likeness (QED) is 0.738. The van der Waals surface area contributed by atoms with Gasteiger partial charge in [-0.2, -0.15) is 0 Å². The lowest BCUT2D eigenvalue weighted by Crippen LogP contribution is -2.08. The predicted octanol–water partition coefficient (Wildman–Crippen LogP) is 4.65. The fourth-order valence-corrected chi connectivity index (χ4v) is 2.98. The van der Waals surface area contributed by atoms with Crippen LogP contribution < -0.4 is 4.74 Å².